The van der Waals surface area contributed by atoms with E-state index in [0.717, 1.165) is 38.5 Å². The first-order valence-corrected chi connectivity index (χ1v) is 11.4. The highest BCUT2D eigenvalue weighted by atomic mass is 16.6. The molecular weight excluding hydrogens is 396 g/mol. The number of piperidine rings is 1. The number of rotatable bonds is 6. The molecule has 8 heteroatoms. The molecule has 2 fully saturated rings. The largest absolute Gasteiger partial charge is 0.390 e. The maximum atomic E-state index is 13.2. The zero-order valence-corrected chi connectivity index (χ0v) is 19.1. The third-order valence-corrected chi connectivity index (χ3v) is 7.01. The minimum Gasteiger partial charge on any atom is -0.390 e. The Hall–Kier alpha value is -2.35. The molecule has 1 aliphatic carbocycles. The molecule has 1 saturated carbocycles. The van der Waals surface area contributed by atoms with Crippen molar-refractivity contribution in [1.29, 1.82) is 0 Å². The predicted molar refractivity (Wildman–Crippen MR) is 123 cm³/mol. The lowest BCUT2D eigenvalue weighted by Gasteiger charge is -2.39. The predicted octanol–water partition coefficient (Wildman–Crippen LogP) is 3.93. The Labute approximate surface area is 184 Å². The number of nitrogens with one attached hydrogen (secondary N) is 2. The van der Waals surface area contributed by atoms with Crippen LogP contribution in [0.15, 0.2) is 12.1 Å². The third kappa shape index (κ3) is 5.47. The summed E-state index contributed by atoms with van der Waals surface area (Å²) in [6.45, 7) is 7.28. The minimum atomic E-state index is -0.740. The fourth-order valence-corrected chi connectivity index (χ4v) is 4.87. The van der Waals surface area contributed by atoms with Gasteiger partial charge in [-0.2, -0.15) is 0 Å². The van der Waals surface area contributed by atoms with E-state index in [0.29, 0.717) is 35.9 Å². The Morgan fingerprint density at radius 3 is 2.29 bits per heavy atom. The van der Waals surface area contributed by atoms with E-state index >= 15 is 0 Å². The number of nitrogens with zero attached hydrogens (tertiary/aromatic N) is 2. The van der Waals surface area contributed by atoms with Crippen molar-refractivity contribution in [1.82, 2.24) is 5.32 Å². The van der Waals surface area contributed by atoms with Gasteiger partial charge in [0.25, 0.3) is 11.6 Å². The van der Waals surface area contributed by atoms with Gasteiger partial charge in [-0.1, -0.05) is 6.92 Å². The van der Waals surface area contributed by atoms with Crippen LogP contribution in [0.2, 0.25) is 0 Å². The van der Waals surface area contributed by atoms with E-state index in [1.54, 1.807) is 13.1 Å². The van der Waals surface area contributed by atoms with Gasteiger partial charge >= 0.3 is 0 Å². The molecule has 1 aromatic carbocycles. The number of nitro benzene ring substituents is 1. The first-order chi connectivity index (χ1) is 14.6. The van der Waals surface area contributed by atoms with Crippen LogP contribution in [0.5, 0.6) is 0 Å². The molecule has 3 rings (SSSR count). The van der Waals surface area contributed by atoms with Gasteiger partial charge in [0.05, 0.1) is 21.8 Å². The minimum absolute atomic E-state index is 0.0972. The van der Waals surface area contributed by atoms with Crippen molar-refractivity contribution in [3.8, 4) is 0 Å². The summed E-state index contributed by atoms with van der Waals surface area (Å²) in [5.41, 5.74) is 0.625. The quantitative estimate of drug-likeness (QED) is 0.464. The van der Waals surface area contributed by atoms with Crippen LogP contribution in [0.4, 0.5) is 17.1 Å². The number of benzene rings is 1. The summed E-state index contributed by atoms with van der Waals surface area (Å²) < 4.78 is 0. The second kappa shape index (κ2) is 9.42. The van der Waals surface area contributed by atoms with Crippen molar-refractivity contribution in [2.45, 2.75) is 70.9 Å². The van der Waals surface area contributed by atoms with Gasteiger partial charge in [0.15, 0.2) is 0 Å². The maximum absolute atomic E-state index is 13.2. The van der Waals surface area contributed by atoms with E-state index in [2.05, 4.69) is 22.5 Å². The third-order valence-electron chi connectivity index (χ3n) is 7.01. The molecule has 0 bridgehead atoms. The summed E-state index contributed by atoms with van der Waals surface area (Å²) >= 11 is 0. The number of aliphatic hydroxyl groups is 1. The van der Waals surface area contributed by atoms with Crippen LogP contribution in [0.1, 0.15) is 69.7 Å². The summed E-state index contributed by atoms with van der Waals surface area (Å²) in [6, 6.07) is 3.24. The second-order valence-electron chi connectivity index (χ2n) is 9.74. The summed E-state index contributed by atoms with van der Waals surface area (Å²) in [5, 5.41) is 28.0. The second-order valence-corrected chi connectivity index (χ2v) is 9.74. The van der Waals surface area contributed by atoms with Crippen molar-refractivity contribution in [3.05, 3.63) is 27.8 Å². The van der Waals surface area contributed by atoms with Crippen LogP contribution in [-0.2, 0) is 0 Å². The molecule has 0 atom stereocenters. The fraction of sp³-hybridized carbons (Fsp3) is 0.696. The summed E-state index contributed by atoms with van der Waals surface area (Å²) in [4.78, 5) is 26.5. The summed E-state index contributed by atoms with van der Waals surface area (Å²) in [7, 11) is 1.65. The summed E-state index contributed by atoms with van der Waals surface area (Å²) in [6.07, 6.45) is 5.65. The molecule has 0 radical (unpaired) electrons. The van der Waals surface area contributed by atoms with Crippen LogP contribution in [-0.4, -0.2) is 47.7 Å². The molecule has 3 N–H and O–H groups in total. The molecule has 0 unspecified atom stereocenters. The molecule has 172 valence electrons. The smallest absolute Gasteiger partial charge is 0.293 e. The monoisotopic (exact) mass is 432 g/mol. The molecule has 2 aliphatic rings. The molecule has 8 nitrogen and oxygen atoms in total. The van der Waals surface area contributed by atoms with E-state index < -0.39 is 10.5 Å². The lowest BCUT2D eigenvalue weighted by molar-refractivity contribution is -0.383. The zero-order chi connectivity index (χ0) is 22.8. The SMILES string of the molecule is CNc1cc(N2CCC(C(C)(C)O)CC2)c(C(=O)N[C@H]2CC[C@H](C)CC2)cc1[N+](=O)[O-]. The van der Waals surface area contributed by atoms with E-state index in [1.165, 1.54) is 6.07 Å². The number of carbonyl (C=O) groups excluding carboxylic acids is 1. The topological polar surface area (TPSA) is 108 Å². The molecule has 0 aromatic heterocycles. The van der Waals surface area contributed by atoms with Crippen LogP contribution >= 0.6 is 0 Å². The highest BCUT2D eigenvalue weighted by Gasteiger charge is 2.33. The normalized spacial score (nSPS) is 22.8. The van der Waals surface area contributed by atoms with Gasteiger partial charge in [-0.25, -0.2) is 0 Å². The lowest BCUT2D eigenvalue weighted by Crippen LogP contribution is -2.43. The van der Waals surface area contributed by atoms with Crippen LogP contribution < -0.4 is 15.5 Å². The van der Waals surface area contributed by atoms with Gasteiger partial charge in [-0.05, 0) is 70.3 Å². The average Bonchev–Trinajstić information content (AvgIpc) is 2.73. The molecule has 0 spiro atoms. The van der Waals surface area contributed by atoms with E-state index in [-0.39, 0.29) is 23.6 Å². The average molecular weight is 433 g/mol. The number of anilines is 2. The van der Waals surface area contributed by atoms with Gasteiger partial charge in [0.2, 0.25) is 0 Å². The van der Waals surface area contributed by atoms with Gasteiger partial charge in [-0.15, -0.1) is 0 Å². The van der Waals surface area contributed by atoms with Crippen molar-refractivity contribution < 1.29 is 14.8 Å². The highest BCUT2D eigenvalue weighted by Crippen LogP contribution is 2.37. The Balaban J connectivity index is 1.88. The van der Waals surface area contributed by atoms with Crippen molar-refractivity contribution >= 4 is 23.0 Å². The molecule has 1 aliphatic heterocycles. The number of amides is 1. The summed E-state index contributed by atoms with van der Waals surface area (Å²) in [5.74, 6) is 0.619. The number of nitro groups is 1. The van der Waals surface area contributed by atoms with Gasteiger partial charge in [-0.3, -0.25) is 14.9 Å². The molecule has 1 heterocycles. The number of hydrogen-bond acceptors (Lipinski definition) is 6. The molecule has 1 saturated heterocycles. The van der Waals surface area contributed by atoms with Crippen LogP contribution in [0.25, 0.3) is 0 Å². The Kier molecular flexibility index (Phi) is 7.09. The van der Waals surface area contributed by atoms with E-state index in [1.807, 2.05) is 13.8 Å². The van der Waals surface area contributed by atoms with Crippen molar-refractivity contribution in [2.24, 2.45) is 11.8 Å². The Morgan fingerprint density at radius 2 is 1.77 bits per heavy atom. The van der Waals surface area contributed by atoms with Gasteiger partial charge in [0, 0.05) is 32.2 Å². The molecule has 1 aromatic rings. The lowest BCUT2D eigenvalue weighted by atomic mass is 9.83. The van der Waals surface area contributed by atoms with Gasteiger partial charge < -0.3 is 20.6 Å². The van der Waals surface area contributed by atoms with E-state index in [9.17, 15) is 20.0 Å². The first-order valence-electron chi connectivity index (χ1n) is 11.4. The van der Waals surface area contributed by atoms with Crippen molar-refractivity contribution in [3.63, 3.8) is 0 Å². The van der Waals surface area contributed by atoms with Crippen molar-refractivity contribution in [2.75, 3.05) is 30.4 Å². The standard InChI is InChI=1S/C23H36N4O4/c1-15-5-7-17(8-6-15)25-22(28)18-13-21(27(30)31)19(24-4)14-20(18)26-11-9-16(10-12-26)23(2,3)29/h13-17,24,29H,5-12H2,1-4H3,(H,25,28)/t15-,17-. The highest BCUT2D eigenvalue weighted by molar-refractivity contribution is 6.02. The first kappa shape index (κ1) is 23.3. The molecule has 1 amide bonds. The molecular formula is C23H36N4O4. The zero-order valence-electron chi connectivity index (χ0n) is 19.1. The van der Waals surface area contributed by atoms with Crippen LogP contribution in [0.3, 0.4) is 0 Å². The number of carbonyl (C=O) groups is 1. The Bertz CT molecular complexity index is 805. The van der Waals surface area contributed by atoms with E-state index in [4.69, 9.17) is 0 Å². The number of hydrogen-bond donors (Lipinski definition) is 3. The maximum Gasteiger partial charge on any atom is 0.293 e. The fourth-order valence-electron chi connectivity index (χ4n) is 4.87. The Morgan fingerprint density at radius 1 is 1.16 bits per heavy atom. The van der Waals surface area contributed by atoms with Gasteiger partial charge in [0.1, 0.15) is 5.69 Å². The van der Waals surface area contributed by atoms with Crippen LogP contribution in [0, 0.1) is 22.0 Å². The molecule has 31 heavy (non-hydrogen) atoms.